The summed E-state index contributed by atoms with van der Waals surface area (Å²) in [6.45, 7) is 2.62. The quantitative estimate of drug-likeness (QED) is 0.624. The second kappa shape index (κ2) is 6.39. The van der Waals surface area contributed by atoms with Crippen molar-refractivity contribution in [2.75, 3.05) is 19.6 Å². The average Bonchev–Trinajstić information content (AvgIpc) is 2.68. The van der Waals surface area contributed by atoms with Crippen LogP contribution >= 0.6 is 0 Å². The summed E-state index contributed by atoms with van der Waals surface area (Å²) in [5.74, 6) is 0.740. The minimum absolute atomic E-state index is 0.0761. The van der Waals surface area contributed by atoms with E-state index in [1.807, 2.05) is 6.07 Å². The lowest BCUT2D eigenvalue weighted by molar-refractivity contribution is -0.121. The molecule has 1 saturated heterocycles. The summed E-state index contributed by atoms with van der Waals surface area (Å²) in [6.07, 6.45) is 3.14. The third-order valence-electron chi connectivity index (χ3n) is 2.50. The van der Waals surface area contributed by atoms with Crippen LogP contribution < -0.4 is 10.6 Å². The maximum Gasteiger partial charge on any atom is 0.220 e. The Morgan fingerprint density at radius 1 is 1.64 bits per heavy atom. The molecule has 2 N–H and O–H groups in total. The smallest absolute Gasteiger partial charge is 0.220 e. The van der Waals surface area contributed by atoms with Crippen LogP contribution in [0, 0.1) is 17.2 Å². The van der Waals surface area contributed by atoms with Crippen LogP contribution in [-0.4, -0.2) is 25.5 Å². The lowest BCUT2D eigenvalue weighted by Crippen LogP contribution is -2.24. The maximum atomic E-state index is 11.2. The van der Waals surface area contributed by atoms with E-state index in [1.54, 1.807) is 0 Å². The minimum atomic E-state index is 0.0761. The van der Waals surface area contributed by atoms with Gasteiger partial charge in [0.1, 0.15) is 0 Å². The van der Waals surface area contributed by atoms with Crippen LogP contribution in [0.1, 0.15) is 25.7 Å². The van der Waals surface area contributed by atoms with E-state index in [0.29, 0.717) is 25.3 Å². The first-order valence-electron chi connectivity index (χ1n) is 5.17. The number of carbonyl (C=O) groups excluding carboxylic acids is 1. The fraction of sp³-hybridized carbons (Fsp3) is 0.800. The molecule has 4 heteroatoms. The fourth-order valence-electron chi connectivity index (χ4n) is 1.64. The molecule has 78 valence electrons. The van der Waals surface area contributed by atoms with Gasteiger partial charge in [-0.05, 0) is 31.8 Å². The van der Waals surface area contributed by atoms with Crippen molar-refractivity contribution in [2.24, 2.45) is 5.92 Å². The molecule has 0 saturated carbocycles. The van der Waals surface area contributed by atoms with Crippen molar-refractivity contribution in [1.82, 2.24) is 10.6 Å². The van der Waals surface area contributed by atoms with E-state index >= 15 is 0 Å². The predicted molar refractivity (Wildman–Crippen MR) is 53.5 cm³/mol. The summed E-state index contributed by atoms with van der Waals surface area (Å²) in [6, 6.07) is 2.00. The Morgan fingerprint density at radius 2 is 2.50 bits per heavy atom. The molecule has 1 rings (SSSR count). The Hall–Kier alpha value is -1.08. The van der Waals surface area contributed by atoms with Crippen molar-refractivity contribution in [1.29, 1.82) is 5.26 Å². The zero-order valence-corrected chi connectivity index (χ0v) is 8.38. The Labute approximate surface area is 84.7 Å². The minimum Gasteiger partial charge on any atom is -0.355 e. The van der Waals surface area contributed by atoms with Crippen molar-refractivity contribution in [3.63, 3.8) is 0 Å². The van der Waals surface area contributed by atoms with Crippen LogP contribution in [0.3, 0.4) is 0 Å². The molecular formula is C10H17N3O. The molecule has 4 nitrogen and oxygen atoms in total. The van der Waals surface area contributed by atoms with Crippen LogP contribution in [-0.2, 0) is 4.79 Å². The Kier molecular flexibility index (Phi) is 5.02. The first kappa shape index (κ1) is 11.0. The van der Waals surface area contributed by atoms with Gasteiger partial charge in [0.25, 0.3) is 0 Å². The second-order valence-electron chi connectivity index (χ2n) is 3.66. The van der Waals surface area contributed by atoms with Crippen LogP contribution in [0.4, 0.5) is 0 Å². The van der Waals surface area contributed by atoms with Crippen LogP contribution in [0.25, 0.3) is 0 Å². The molecule has 1 atom stereocenters. The van der Waals surface area contributed by atoms with Crippen molar-refractivity contribution >= 4 is 5.91 Å². The van der Waals surface area contributed by atoms with Crippen molar-refractivity contribution in [3.8, 4) is 6.07 Å². The highest BCUT2D eigenvalue weighted by Gasteiger charge is 2.15. The normalized spacial score (nSPS) is 20.4. The van der Waals surface area contributed by atoms with E-state index in [9.17, 15) is 4.79 Å². The van der Waals surface area contributed by atoms with Crippen LogP contribution in [0.2, 0.25) is 0 Å². The van der Waals surface area contributed by atoms with E-state index in [1.165, 1.54) is 6.42 Å². The van der Waals surface area contributed by atoms with Crippen molar-refractivity contribution < 1.29 is 4.79 Å². The molecule has 1 unspecified atom stereocenters. The first-order valence-corrected chi connectivity index (χ1v) is 5.17. The van der Waals surface area contributed by atoms with Gasteiger partial charge in [0.2, 0.25) is 5.91 Å². The molecule has 0 radical (unpaired) electrons. The molecule has 1 aliphatic heterocycles. The highest BCUT2D eigenvalue weighted by atomic mass is 16.1. The van der Waals surface area contributed by atoms with E-state index in [0.717, 1.165) is 19.5 Å². The predicted octanol–water partition coefficient (Wildman–Crippen LogP) is 0.406. The number of nitriles is 1. The summed E-state index contributed by atoms with van der Waals surface area (Å²) in [5, 5.41) is 14.3. The van der Waals surface area contributed by atoms with Gasteiger partial charge in [0, 0.05) is 13.0 Å². The topological polar surface area (TPSA) is 64.9 Å². The molecule has 1 fully saturated rings. The Bertz CT molecular complexity index is 216. The third kappa shape index (κ3) is 4.24. The summed E-state index contributed by atoms with van der Waals surface area (Å²) >= 11 is 0. The summed E-state index contributed by atoms with van der Waals surface area (Å²) in [4.78, 5) is 11.2. The van der Waals surface area contributed by atoms with Crippen molar-refractivity contribution in [3.05, 3.63) is 0 Å². The van der Waals surface area contributed by atoms with Gasteiger partial charge in [0.15, 0.2) is 0 Å². The number of carbonyl (C=O) groups is 1. The van der Waals surface area contributed by atoms with Crippen LogP contribution in [0.15, 0.2) is 0 Å². The molecule has 0 aromatic heterocycles. The summed E-state index contributed by atoms with van der Waals surface area (Å²) in [7, 11) is 0. The molecule has 0 bridgehead atoms. The average molecular weight is 195 g/mol. The van der Waals surface area contributed by atoms with Gasteiger partial charge in [0.05, 0.1) is 12.5 Å². The number of amides is 1. The van der Waals surface area contributed by atoms with E-state index in [4.69, 9.17) is 5.26 Å². The number of nitrogens with one attached hydrogen (secondary N) is 2. The van der Waals surface area contributed by atoms with E-state index in [2.05, 4.69) is 10.6 Å². The summed E-state index contributed by atoms with van der Waals surface area (Å²) in [5.41, 5.74) is 0. The third-order valence-corrected chi connectivity index (χ3v) is 2.50. The van der Waals surface area contributed by atoms with Gasteiger partial charge in [-0.25, -0.2) is 0 Å². The molecule has 0 aliphatic carbocycles. The maximum absolute atomic E-state index is 11.2. The van der Waals surface area contributed by atoms with Gasteiger partial charge in [-0.15, -0.1) is 0 Å². The summed E-state index contributed by atoms with van der Waals surface area (Å²) < 4.78 is 0. The van der Waals surface area contributed by atoms with Gasteiger partial charge >= 0.3 is 0 Å². The van der Waals surface area contributed by atoms with Gasteiger partial charge in [-0.1, -0.05) is 0 Å². The lowest BCUT2D eigenvalue weighted by atomic mass is 10.0. The monoisotopic (exact) mass is 195 g/mol. The zero-order valence-electron chi connectivity index (χ0n) is 8.38. The Morgan fingerprint density at radius 3 is 3.14 bits per heavy atom. The molecular weight excluding hydrogens is 178 g/mol. The zero-order chi connectivity index (χ0) is 10.2. The first-order chi connectivity index (χ1) is 6.83. The molecule has 1 heterocycles. The van der Waals surface area contributed by atoms with E-state index in [-0.39, 0.29) is 5.91 Å². The molecule has 1 amide bonds. The lowest BCUT2D eigenvalue weighted by Gasteiger charge is -2.07. The molecule has 0 spiro atoms. The largest absolute Gasteiger partial charge is 0.355 e. The standard InChI is InChI=1S/C10H17N3O/c11-5-1-6-13-10(14)3-2-9-4-7-12-8-9/h9,12H,1-4,6-8H2,(H,13,14). The molecule has 0 aromatic carbocycles. The molecule has 14 heavy (non-hydrogen) atoms. The highest BCUT2D eigenvalue weighted by molar-refractivity contribution is 5.75. The Balaban J connectivity index is 2.00. The number of nitrogens with zero attached hydrogens (tertiary/aromatic N) is 1. The SMILES string of the molecule is N#CCCNC(=O)CCC1CCNC1. The van der Waals surface area contributed by atoms with Crippen molar-refractivity contribution in [2.45, 2.75) is 25.7 Å². The van der Waals surface area contributed by atoms with E-state index < -0.39 is 0 Å². The molecule has 0 aromatic rings. The van der Waals surface area contributed by atoms with Gasteiger partial charge in [-0.2, -0.15) is 5.26 Å². The fourth-order valence-corrected chi connectivity index (χ4v) is 1.64. The number of rotatable bonds is 5. The van der Waals surface area contributed by atoms with Gasteiger partial charge < -0.3 is 10.6 Å². The molecule has 1 aliphatic rings. The number of hydrogen-bond donors (Lipinski definition) is 2. The highest BCUT2D eigenvalue weighted by Crippen LogP contribution is 2.13. The van der Waals surface area contributed by atoms with Crippen LogP contribution in [0.5, 0.6) is 0 Å². The second-order valence-corrected chi connectivity index (χ2v) is 3.66. The van der Waals surface area contributed by atoms with Gasteiger partial charge in [-0.3, -0.25) is 4.79 Å². The number of hydrogen-bond acceptors (Lipinski definition) is 3.